The molecule has 2 aromatic rings. The molecule has 120 valence electrons. The molecule has 4 nitrogen and oxygen atoms in total. The Morgan fingerprint density at radius 3 is 2.91 bits per heavy atom. The zero-order valence-corrected chi connectivity index (χ0v) is 13.3. The highest BCUT2D eigenvalue weighted by atomic mass is 19.1. The van der Waals surface area contributed by atoms with Crippen molar-refractivity contribution in [3.8, 4) is 0 Å². The van der Waals surface area contributed by atoms with Gasteiger partial charge in [-0.3, -0.25) is 4.68 Å². The number of aryl methyl sites for hydroxylation is 1. The van der Waals surface area contributed by atoms with Gasteiger partial charge in [0.25, 0.3) is 0 Å². The Bertz CT molecular complexity index is 583. The number of rotatable bonds is 9. The van der Waals surface area contributed by atoms with Crippen molar-refractivity contribution in [1.29, 1.82) is 0 Å². The highest BCUT2D eigenvalue weighted by Gasteiger charge is 2.04. The summed E-state index contributed by atoms with van der Waals surface area (Å²) in [6.07, 6.45) is 4.84. The van der Waals surface area contributed by atoms with Crippen LogP contribution < -0.4 is 5.32 Å². The topological polar surface area (TPSA) is 39.1 Å². The van der Waals surface area contributed by atoms with Gasteiger partial charge in [0.15, 0.2) is 0 Å². The van der Waals surface area contributed by atoms with Gasteiger partial charge >= 0.3 is 0 Å². The Hall–Kier alpha value is -1.72. The van der Waals surface area contributed by atoms with Crippen LogP contribution in [0, 0.1) is 12.7 Å². The van der Waals surface area contributed by atoms with Gasteiger partial charge in [-0.15, -0.1) is 0 Å². The van der Waals surface area contributed by atoms with Crippen LogP contribution in [0.4, 0.5) is 4.39 Å². The number of hydrogen-bond acceptors (Lipinski definition) is 3. The van der Waals surface area contributed by atoms with E-state index in [9.17, 15) is 4.39 Å². The minimum absolute atomic E-state index is 0.174. The van der Waals surface area contributed by atoms with E-state index in [4.69, 9.17) is 4.74 Å². The Labute approximate surface area is 131 Å². The maximum absolute atomic E-state index is 13.9. The Balaban J connectivity index is 1.74. The van der Waals surface area contributed by atoms with E-state index < -0.39 is 0 Å². The molecule has 0 saturated carbocycles. The molecule has 0 spiro atoms. The second-order valence-corrected chi connectivity index (χ2v) is 5.44. The second kappa shape index (κ2) is 8.66. The molecule has 1 heterocycles. The van der Waals surface area contributed by atoms with Crippen molar-refractivity contribution >= 4 is 0 Å². The lowest BCUT2D eigenvalue weighted by molar-refractivity contribution is 0.110. The SMILES string of the molecule is CCCNCc1ccc(COCCn2cc(C)cn2)cc1F. The fraction of sp³-hybridized carbons (Fsp3) is 0.471. The summed E-state index contributed by atoms with van der Waals surface area (Å²) in [5.74, 6) is -0.174. The molecule has 0 saturated heterocycles. The third kappa shape index (κ3) is 5.24. The minimum Gasteiger partial charge on any atom is -0.375 e. The number of benzene rings is 1. The molecule has 2 rings (SSSR count). The minimum atomic E-state index is -0.174. The number of nitrogens with one attached hydrogen (secondary N) is 1. The smallest absolute Gasteiger partial charge is 0.128 e. The maximum Gasteiger partial charge on any atom is 0.128 e. The maximum atomic E-state index is 13.9. The average molecular weight is 305 g/mol. The normalized spacial score (nSPS) is 11.0. The van der Waals surface area contributed by atoms with Crippen LogP contribution in [0.3, 0.4) is 0 Å². The molecule has 1 aromatic heterocycles. The van der Waals surface area contributed by atoms with Gasteiger partial charge in [-0.05, 0) is 37.1 Å². The number of aromatic nitrogens is 2. The average Bonchev–Trinajstić information content (AvgIpc) is 2.91. The molecule has 5 heteroatoms. The van der Waals surface area contributed by atoms with Crippen molar-refractivity contribution in [2.24, 2.45) is 0 Å². The third-order valence-corrected chi connectivity index (χ3v) is 3.36. The molecule has 0 atom stereocenters. The predicted molar refractivity (Wildman–Crippen MR) is 85.0 cm³/mol. The highest BCUT2D eigenvalue weighted by Crippen LogP contribution is 2.11. The van der Waals surface area contributed by atoms with Gasteiger partial charge in [0.05, 0.1) is 26.0 Å². The molecule has 0 amide bonds. The number of ether oxygens (including phenoxy) is 1. The van der Waals surface area contributed by atoms with Gasteiger partial charge in [0.1, 0.15) is 5.82 Å². The van der Waals surface area contributed by atoms with E-state index in [1.165, 1.54) is 0 Å². The first-order chi connectivity index (χ1) is 10.7. The molecule has 0 radical (unpaired) electrons. The zero-order valence-electron chi connectivity index (χ0n) is 13.3. The summed E-state index contributed by atoms with van der Waals surface area (Å²) in [7, 11) is 0. The number of halogens is 1. The van der Waals surface area contributed by atoms with Crippen molar-refractivity contribution in [3.63, 3.8) is 0 Å². The van der Waals surface area contributed by atoms with E-state index in [1.807, 2.05) is 36.1 Å². The second-order valence-electron chi connectivity index (χ2n) is 5.44. The van der Waals surface area contributed by atoms with Crippen molar-refractivity contribution in [3.05, 3.63) is 53.1 Å². The van der Waals surface area contributed by atoms with Crippen LogP contribution in [0.5, 0.6) is 0 Å². The lowest BCUT2D eigenvalue weighted by atomic mass is 10.1. The first-order valence-electron chi connectivity index (χ1n) is 7.74. The van der Waals surface area contributed by atoms with Gasteiger partial charge in [-0.1, -0.05) is 19.1 Å². The third-order valence-electron chi connectivity index (χ3n) is 3.36. The van der Waals surface area contributed by atoms with E-state index in [0.29, 0.717) is 31.9 Å². The van der Waals surface area contributed by atoms with Crippen LogP contribution in [0.1, 0.15) is 30.0 Å². The van der Waals surface area contributed by atoms with Gasteiger partial charge in [-0.2, -0.15) is 5.10 Å². The summed E-state index contributed by atoms with van der Waals surface area (Å²) in [6, 6.07) is 5.30. The van der Waals surface area contributed by atoms with Crippen LogP contribution in [0.15, 0.2) is 30.6 Å². The standard InChI is InChI=1S/C17H24FN3O/c1-3-6-19-11-16-5-4-15(9-17(16)18)13-22-8-7-21-12-14(2)10-20-21/h4-5,9-10,12,19H,3,6-8,11,13H2,1-2H3. The monoisotopic (exact) mass is 305 g/mol. The van der Waals surface area contributed by atoms with Crippen molar-refractivity contribution in [2.45, 2.75) is 40.0 Å². The summed E-state index contributed by atoms with van der Waals surface area (Å²) < 4.78 is 21.4. The summed E-state index contributed by atoms with van der Waals surface area (Å²) in [5, 5.41) is 7.39. The molecular weight excluding hydrogens is 281 g/mol. The molecule has 0 bridgehead atoms. The van der Waals surface area contributed by atoms with E-state index in [1.54, 1.807) is 6.07 Å². The van der Waals surface area contributed by atoms with E-state index in [-0.39, 0.29) is 5.82 Å². The van der Waals surface area contributed by atoms with Gasteiger partial charge in [0, 0.05) is 18.3 Å². The van der Waals surface area contributed by atoms with E-state index in [0.717, 1.165) is 24.1 Å². The van der Waals surface area contributed by atoms with Crippen LogP contribution in [-0.4, -0.2) is 22.9 Å². The molecule has 0 unspecified atom stereocenters. The molecule has 1 N–H and O–H groups in total. The first-order valence-corrected chi connectivity index (χ1v) is 7.74. The van der Waals surface area contributed by atoms with Crippen LogP contribution in [0.25, 0.3) is 0 Å². The van der Waals surface area contributed by atoms with E-state index in [2.05, 4.69) is 17.3 Å². The Kier molecular flexibility index (Phi) is 6.55. The Morgan fingerprint density at radius 2 is 2.23 bits per heavy atom. The molecule has 1 aromatic carbocycles. The number of hydrogen-bond donors (Lipinski definition) is 1. The Morgan fingerprint density at radius 1 is 1.36 bits per heavy atom. The fourth-order valence-electron chi connectivity index (χ4n) is 2.16. The molecule has 0 aliphatic carbocycles. The molecule has 0 fully saturated rings. The van der Waals surface area contributed by atoms with Crippen LogP contribution >= 0.6 is 0 Å². The summed E-state index contributed by atoms with van der Waals surface area (Å²) in [4.78, 5) is 0. The van der Waals surface area contributed by atoms with Crippen molar-refractivity contribution < 1.29 is 9.13 Å². The predicted octanol–water partition coefficient (Wildman–Crippen LogP) is 3.05. The molecule has 22 heavy (non-hydrogen) atoms. The van der Waals surface area contributed by atoms with Gasteiger partial charge in [-0.25, -0.2) is 4.39 Å². The highest BCUT2D eigenvalue weighted by molar-refractivity contribution is 5.24. The lowest BCUT2D eigenvalue weighted by Gasteiger charge is -2.08. The van der Waals surface area contributed by atoms with Crippen LogP contribution in [-0.2, 0) is 24.4 Å². The lowest BCUT2D eigenvalue weighted by Crippen LogP contribution is -2.15. The summed E-state index contributed by atoms with van der Waals surface area (Å²) in [6.45, 7) is 7.24. The molecular formula is C17H24FN3O. The van der Waals surface area contributed by atoms with Gasteiger partial charge in [0.2, 0.25) is 0 Å². The van der Waals surface area contributed by atoms with Crippen molar-refractivity contribution in [1.82, 2.24) is 15.1 Å². The van der Waals surface area contributed by atoms with Crippen LogP contribution in [0.2, 0.25) is 0 Å². The molecule has 0 aliphatic rings. The van der Waals surface area contributed by atoms with Crippen molar-refractivity contribution in [2.75, 3.05) is 13.2 Å². The number of nitrogens with zero attached hydrogens (tertiary/aromatic N) is 2. The summed E-state index contributed by atoms with van der Waals surface area (Å²) >= 11 is 0. The van der Waals surface area contributed by atoms with E-state index >= 15 is 0 Å². The largest absolute Gasteiger partial charge is 0.375 e. The first kappa shape index (κ1) is 16.6. The van der Waals surface area contributed by atoms with Gasteiger partial charge < -0.3 is 10.1 Å². The zero-order chi connectivity index (χ0) is 15.8. The quantitative estimate of drug-likeness (QED) is 0.724. The fourth-order valence-corrected chi connectivity index (χ4v) is 2.16. The molecule has 0 aliphatic heterocycles. The summed E-state index contributed by atoms with van der Waals surface area (Å²) in [5.41, 5.74) is 2.69.